The van der Waals surface area contributed by atoms with Gasteiger partial charge in [-0.25, -0.2) is 0 Å². The molecule has 1 aromatic carbocycles. The molecule has 6 nitrogen and oxygen atoms in total. The number of nitrogens with zero attached hydrogens (tertiary/aromatic N) is 4. The summed E-state index contributed by atoms with van der Waals surface area (Å²) >= 11 is 1.44. The number of benzene rings is 1. The van der Waals surface area contributed by atoms with Gasteiger partial charge in [-0.15, -0.1) is 10.2 Å². The fourth-order valence-electron chi connectivity index (χ4n) is 3.83. The van der Waals surface area contributed by atoms with Crippen LogP contribution >= 0.6 is 11.8 Å². The molecule has 1 saturated heterocycles. The number of thioether (sulfide) groups is 1. The average Bonchev–Trinajstić information content (AvgIpc) is 3.46. The Balaban J connectivity index is 1.47. The van der Waals surface area contributed by atoms with E-state index in [4.69, 9.17) is 4.42 Å². The van der Waals surface area contributed by atoms with E-state index in [2.05, 4.69) is 35.3 Å². The van der Waals surface area contributed by atoms with Gasteiger partial charge in [0.25, 0.3) is 0 Å². The minimum atomic E-state index is 0.154. The molecule has 1 unspecified atom stereocenters. The number of aromatic nitrogens is 3. The van der Waals surface area contributed by atoms with Crippen LogP contribution in [-0.2, 0) is 11.3 Å². The van der Waals surface area contributed by atoms with Gasteiger partial charge in [0.15, 0.2) is 16.7 Å². The summed E-state index contributed by atoms with van der Waals surface area (Å²) in [6.07, 6.45) is 3.69. The maximum Gasteiger partial charge on any atom is 0.233 e. The van der Waals surface area contributed by atoms with Crippen LogP contribution < -0.4 is 0 Å². The molecule has 4 rings (SSSR count). The van der Waals surface area contributed by atoms with Crippen LogP contribution in [0.25, 0.3) is 11.6 Å². The van der Waals surface area contributed by atoms with Gasteiger partial charge in [0, 0.05) is 13.1 Å². The number of rotatable bonds is 6. The predicted molar refractivity (Wildman–Crippen MR) is 109 cm³/mol. The molecule has 7 heteroatoms. The average molecular weight is 397 g/mol. The van der Waals surface area contributed by atoms with E-state index in [-0.39, 0.29) is 11.9 Å². The van der Waals surface area contributed by atoms with Gasteiger partial charge in [-0.1, -0.05) is 36.0 Å². The molecule has 3 aromatic rings. The van der Waals surface area contributed by atoms with Crippen LogP contribution in [0.5, 0.6) is 0 Å². The number of amides is 1. The molecule has 0 spiro atoms. The van der Waals surface area contributed by atoms with Gasteiger partial charge in [0.2, 0.25) is 5.91 Å². The van der Waals surface area contributed by atoms with Gasteiger partial charge < -0.3 is 9.32 Å². The van der Waals surface area contributed by atoms with Crippen molar-refractivity contribution >= 4 is 17.7 Å². The molecule has 2 aromatic heterocycles. The summed E-state index contributed by atoms with van der Waals surface area (Å²) in [6, 6.07) is 12.2. The number of carbonyl (C=O) groups is 1. The van der Waals surface area contributed by atoms with Crippen LogP contribution in [0.15, 0.2) is 52.2 Å². The molecule has 3 heterocycles. The first-order valence-electron chi connectivity index (χ1n) is 9.64. The number of furan rings is 1. The molecular weight excluding hydrogens is 372 g/mol. The molecule has 28 heavy (non-hydrogen) atoms. The second-order valence-electron chi connectivity index (χ2n) is 6.92. The Bertz CT molecular complexity index is 951. The summed E-state index contributed by atoms with van der Waals surface area (Å²) < 4.78 is 7.43. The third-order valence-corrected chi connectivity index (χ3v) is 6.17. The number of carbonyl (C=O) groups excluding carboxylic acids is 1. The van der Waals surface area contributed by atoms with E-state index in [9.17, 15) is 4.79 Å². The van der Waals surface area contributed by atoms with Crippen molar-refractivity contribution in [2.75, 3.05) is 12.3 Å². The van der Waals surface area contributed by atoms with Crippen LogP contribution in [0.4, 0.5) is 0 Å². The Morgan fingerprint density at radius 1 is 1.25 bits per heavy atom. The van der Waals surface area contributed by atoms with E-state index >= 15 is 0 Å². The summed E-state index contributed by atoms with van der Waals surface area (Å²) in [6.45, 7) is 5.69. The molecule has 0 radical (unpaired) electrons. The maximum atomic E-state index is 13.0. The fraction of sp³-hybridized carbons (Fsp3) is 0.381. The van der Waals surface area contributed by atoms with Gasteiger partial charge in [-0.2, -0.15) is 0 Å². The predicted octanol–water partition coefficient (Wildman–Crippen LogP) is 4.32. The molecule has 1 amide bonds. The van der Waals surface area contributed by atoms with E-state index in [0.717, 1.165) is 31.1 Å². The molecular formula is C21H24N4O2S. The van der Waals surface area contributed by atoms with Gasteiger partial charge in [0.1, 0.15) is 0 Å². The smallest absolute Gasteiger partial charge is 0.233 e. The van der Waals surface area contributed by atoms with Crippen LogP contribution in [0, 0.1) is 6.92 Å². The summed E-state index contributed by atoms with van der Waals surface area (Å²) in [5.41, 5.74) is 2.50. The zero-order valence-corrected chi connectivity index (χ0v) is 17.0. The van der Waals surface area contributed by atoms with E-state index in [0.29, 0.717) is 17.3 Å². The Morgan fingerprint density at radius 3 is 2.86 bits per heavy atom. The largest absolute Gasteiger partial charge is 0.461 e. The third kappa shape index (κ3) is 3.58. The zero-order chi connectivity index (χ0) is 19.5. The van der Waals surface area contributed by atoms with Crippen LogP contribution in [0.1, 0.15) is 36.9 Å². The lowest BCUT2D eigenvalue weighted by Crippen LogP contribution is -2.32. The zero-order valence-electron chi connectivity index (χ0n) is 16.2. The van der Waals surface area contributed by atoms with Crippen LogP contribution in [0.3, 0.4) is 0 Å². The van der Waals surface area contributed by atoms with Crippen molar-refractivity contribution in [2.24, 2.45) is 0 Å². The Morgan fingerprint density at radius 2 is 2.11 bits per heavy atom. The SMILES string of the molecule is CCn1c(SCC(=O)N2CCCC2c2ccccc2C)nnc1-c1ccco1. The summed E-state index contributed by atoms with van der Waals surface area (Å²) in [4.78, 5) is 15.0. The molecule has 1 aliphatic rings. The van der Waals surface area contributed by atoms with Crippen molar-refractivity contribution < 1.29 is 9.21 Å². The molecule has 0 bridgehead atoms. The molecule has 0 saturated carbocycles. The van der Waals surface area contributed by atoms with Crippen molar-refractivity contribution in [2.45, 2.75) is 44.4 Å². The highest BCUT2D eigenvalue weighted by molar-refractivity contribution is 7.99. The Labute approximate surface area is 168 Å². The minimum Gasteiger partial charge on any atom is -0.461 e. The Kier molecular flexibility index (Phi) is 5.52. The van der Waals surface area contributed by atoms with Crippen LogP contribution in [0.2, 0.25) is 0 Å². The molecule has 0 N–H and O–H groups in total. The second kappa shape index (κ2) is 8.22. The van der Waals surface area contributed by atoms with Crippen molar-refractivity contribution in [3.05, 3.63) is 53.8 Å². The summed E-state index contributed by atoms with van der Waals surface area (Å²) in [5, 5.41) is 9.27. The topological polar surface area (TPSA) is 64.2 Å². The first kappa shape index (κ1) is 18.8. The van der Waals surface area contributed by atoms with Gasteiger partial charge in [-0.3, -0.25) is 9.36 Å². The minimum absolute atomic E-state index is 0.154. The highest BCUT2D eigenvalue weighted by atomic mass is 32.2. The van der Waals surface area contributed by atoms with E-state index in [1.807, 2.05) is 34.6 Å². The first-order chi connectivity index (χ1) is 13.7. The molecule has 1 atom stereocenters. The highest BCUT2D eigenvalue weighted by Gasteiger charge is 2.31. The lowest BCUT2D eigenvalue weighted by Gasteiger charge is -2.26. The lowest BCUT2D eigenvalue weighted by molar-refractivity contribution is -0.129. The van der Waals surface area contributed by atoms with E-state index < -0.39 is 0 Å². The number of hydrogen-bond donors (Lipinski definition) is 0. The van der Waals surface area contributed by atoms with Crippen LogP contribution in [-0.4, -0.2) is 37.9 Å². The monoisotopic (exact) mass is 396 g/mol. The second-order valence-corrected chi connectivity index (χ2v) is 7.86. The molecule has 146 valence electrons. The third-order valence-electron chi connectivity index (χ3n) is 5.22. The number of likely N-dealkylation sites (tertiary alicyclic amines) is 1. The highest BCUT2D eigenvalue weighted by Crippen LogP contribution is 2.34. The molecule has 1 aliphatic heterocycles. The van der Waals surface area contributed by atoms with Crippen molar-refractivity contribution in [1.82, 2.24) is 19.7 Å². The number of aryl methyl sites for hydroxylation is 1. The van der Waals surface area contributed by atoms with Crippen molar-refractivity contribution in [1.29, 1.82) is 0 Å². The van der Waals surface area contributed by atoms with Gasteiger partial charge in [0.05, 0.1) is 18.1 Å². The fourth-order valence-corrected chi connectivity index (χ4v) is 4.72. The van der Waals surface area contributed by atoms with E-state index in [1.54, 1.807) is 6.26 Å². The summed E-state index contributed by atoms with van der Waals surface area (Å²) in [7, 11) is 0. The van der Waals surface area contributed by atoms with Crippen molar-refractivity contribution in [3.8, 4) is 11.6 Å². The standard InChI is InChI=1S/C21H24N4O2S/c1-3-24-20(18-11-7-13-27-18)22-23-21(24)28-14-19(26)25-12-6-10-17(25)16-9-5-4-8-15(16)2/h4-5,7-9,11,13,17H,3,6,10,12,14H2,1-2H3. The van der Waals surface area contributed by atoms with Gasteiger partial charge >= 0.3 is 0 Å². The van der Waals surface area contributed by atoms with Crippen molar-refractivity contribution in [3.63, 3.8) is 0 Å². The Hall–Kier alpha value is -2.54. The molecule has 1 fully saturated rings. The van der Waals surface area contributed by atoms with Gasteiger partial charge in [-0.05, 0) is 49.9 Å². The molecule has 0 aliphatic carbocycles. The normalized spacial score (nSPS) is 16.6. The number of hydrogen-bond acceptors (Lipinski definition) is 5. The summed E-state index contributed by atoms with van der Waals surface area (Å²) in [5.74, 6) is 1.90. The lowest BCUT2D eigenvalue weighted by atomic mass is 9.99. The first-order valence-corrected chi connectivity index (χ1v) is 10.6. The quantitative estimate of drug-likeness (QED) is 0.581. The maximum absolute atomic E-state index is 13.0. The van der Waals surface area contributed by atoms with E-state index in [1.165, 1.54) is 22.9 Å².